The van der Waals surface area contributed by atoms with Gasteiger partial charge in [0.15, 0.2) is 0 Å². The maximum Gasteiger partial charge on any atom is 0.204 e. The maximum atomic E-state index is 4.37. The van der Waals surface area contributed by atoms with E-state index in [0.717, 1.165) is 18.9 Å². The number of hydrogen-bond donors (Lipinski definition) is 1. The van der Waals surface area contributed by atoms with E-state index in [0.29, 0.717) is 6.04 Å². The fraction of sp³-hybridized carbons (Fsp3) is 0.727. The maximum absolute atomic E-state index is 4.37. The van der Waals surface area contributed by atoms with E-state index in [9.17, 15) is 0 Å². The molecule has 1 rings (SSSR count). The fourth-order valence-electron chi connectivity index (χ4n) is 1.44. The summed E-state index contributed by atoms with van der Waals surface area (Å²) >= 11 is 0. The number of hydrogen-bond acceptors (Lipinski definition) is 3. The van der Waals surface area contributed by atoms with E-state index >= 15 is 0 Å². The van der Waals surface area contributed by atoms with Crippen molar-refractivity contribution in [2.75, 3.05) is 19.0 Å². The molecule has 1 heterocycles. The smallest absolute Gasteiger partial charge is 0.204 e. The molecule has 4 heteroatoms. The highest BCUT2D eigenvalue weighted by Crippen LogP contribution is 2.10. The minimum atomic E-state index is 0.558. The summed E-state index contributed by atoms with van der Waals surface area (Å²) in [5.74, 6) is 0.996. The molecule has 1 N–H and O–H groups in total. The van der Waals surface area contributed by atoms with Crippen molar-refractivity contribution in [3.05, 3.63) is 11.9 Å². The molecule has 4 nitrogen and oxygen atoms in total. The van der Waals surface area contributed by atoms with Crippen molar-refractivity contribution in [3.63, 3.8) is 0 Å². The van der Waals surface area contributed by atoms with Crippen LogP contribution in [-0.4, -0.2) is 29.7 Å². The SMILES string of the molecule is CCC(C)NCc1cnc(N(C)C)n1C. The average Bonchev–Trinajstić information content (AvgIpc) is 2.56. The van der Waals surface area contributed by atoms with Gasteiger partial charge in [0, 0.05) is 33.7 Å². The van der Waals surface area contributed by atoms with Gasteiger partial charge in [0.25, 0.3) is 0 Å². The lowest BCUT2D eigenvalue weighted by molar-refractivity contribution is 0.522. The Morgan fingerprint density at radius 2 is 2.20 bits per heavy atom. The van der Waals surface area contributed by atoms with Crippen LogP contribution < -0.4 is 10.2 Å². The molecule has 1 unspecified atom stereocenters. The van der Waals surface area contributed by atoms with E-state index in [1.54, 1.807) is 0 Å². The molecule has 1 aromatic rings. The van der Waals surface area contributed by atoms with Gasteiger partial charge in [-0.25, -0.2) is 4.98 Å². The molecule has 0 aliphatic rings. The Kier molecular flexibility index (Phi) is 4.15. The Balaban J connectivity index is 2.62. The van der Waals surface area contributed by atoms with Gasteiger partial charge in [0.2, 0.25) is 5.95 Å². The molecule has 0 aromatic carbocycles. The van der Waals surface area contributed by atoms with Crippen molar-refractivity contribution in [2.45, 2.75) is 32.9 Å². The van der Waals surface area contributed by atoms with Crippen LogP contribution in [0.2, 0.25) is 0 Å². The summed E-state index contributed by atoms with van der Waals surface area (Å²) < 4.78 is 2.12. The number of rotatable bonds is 5. The third-order valence-corrected chi connectivity index (χ3v) is 2.70. The second-order valence-electron chi connectivity index (χ2n) is 4.19. The first-order valence-electron chi connectivity index (χ1n) is 5.47. The number of imidazole rings is 1. The van der Waals surface area contributed by atoms with E-state index in [1.165, 1.54) is 5.69 Å². The van der Waals surface area contributed by atoms with E-state index in [1.807, 2.05) is 25.2 Å². The van der Waals surface area contributed by atoms with E-state index in [4.69, 9.17) is 0 Å². The van der Waals surface area contributed by atoms with Crippen LogP contribution in [0, 0.1) is 0 Å². The standard InChI is InChI=1S/C11H22N4/c1-6-9(2)12-7-10-8-13-11(14(3)4)15(10)5/h8-9,12H,6-7H2,1-5H3. The van der Waals surface area contributed by atoms with Gasteiger partial charge in [0.05, 0.1) is 11.9 Å². The lowest BCUT2D eigenvalue weighted by atomic mass is 10.2. The number of aromatic nitrogens is 2. The number of nitrogens with one attached hydrogen (secondary N) is 1. The molecule has 15 heavy (non-hydrogen) atoms. The van der Waals surface area contributed by atoms with Gasteiger partial charge >= 0.3 is 0 Å². The summed E-state index contributed by atoms with van der Waals surface area (Å²) in [6, 6.07) is 0.558. The molecule has 0 spiro atoms. The average molecular weight is 210 g/mol. The molecule has 1 atom stereocenters. The molecule has 0 saturated heterocycles. The van der Waals surface area contributed by atoms with Crippen molar-refractivity contribution < 1.29 is 0 Å². The van der Waals surface area contributed by atoms with Crippen LogP contribution in [-0.2, 0) is 13.6 Å². The van der Waals surface area contributed by atoms with Crippen LogP contribution in [0.4, 0.5) is 5.95 Å². The number of anilines is 1. The van der Waals surface area contributed by atoms with Crippen LogP contribution in [0.3, 0.4) is 0 Å². The Morgan fingerprint density at radius 3 is 2.67 bits per heavy atom. The minimum absolute atomic E-state index is 0.558. The normalized spacial score (nSPS) is 12.9. The van der Waals surface area contributed by atoms with Crippen molar-refractivity contribution in [2.24, 2.45) is 7.05 Å². The Hall–Kier alpha value is -1.03. The minimum Gasteiger partial charge on any atom is -0.348 e. The highest BCUT2D eigenvalue weighted by molar-refractivity contribution is 5.30. The third kappa shape index (κ3) is 2.96. The van der Waals surface area contributed by atoms with Crippen molar-refractivity contribution >= 4 is 5.95 Å². The zero-order valence-corrected chi connectivity index (χ0v) is 10.4. The molecule has 0 fully saturated rings. The largest absolute Gasteiger partial charge is 0.348 e. The monoisotopic (exact) mass is 210 g/mol. The second-order valence-corrected chi connectivity index (χ2v) is 4.19. The van der Waals surface area contributed by atoms with Gasteiger partial charge in [-0.2, -0.15) is 0 Å². The first-order valence-corrected chi connectivity index (χ1v) is 5.47. The first kappa shape index (κ1) is 12.0. The summed E-state index contributed by atoms with van der Waals surface area (Å²) in [4.78, 5) is 6.39. The summed E-state index contributed by atoms with van der Waals surface area (Å²) in [6.07, 6.45) is 3.09. The molecule has 1 aromatic heterocycles. The predicted molar refractivity (Wildman–Crippen MR) is 64.1 cm³/mol. The molecular weight excluding hydrogens is 188 g/mol. The highest BCUT2D eigenvalue weighted by atomic mass is 15.3. The fourth-order valence-corrected chi connectivity index (χ4v) is 1.44. The van der Waals surface area contributed by atoms with Gasteiger partial charge < -0.3 is 14.8 Å². The van der Waals surface area contributed by atoms with Gasteiger partial charge in [-0.15, -0.1) is 0 Å². The zero-order valence-electron chi connectivity index (χ0n) is 10.4. The van der Waals surface area contributed by atoms with Crippen molar-refractivity contribution in [1.29, 1.82) is 0 Å². The summed E-state index contributed by atoms with van der Waals surface area (Å²) in [5.41, 5.74) is 1.22. The lowest BCUT2D eigenvalue weighted by Crippen LogP contribution is -2.25. The highest BCUT2D eigenvalue weighted by Gasteiger charge is 2.08. The molecular formula is C11H22N4. The second kappa shape index (κ2) is 5.16. The topological polar surface area (TPSA) is 33.1 Å². The van der Waals surface area contributed by atoms with E-state index in [-0.39, 0.29) is 0 Å². The Morgan fingerprint density at radius 1 is 1.53 bits per heavy atom. The third-order valence-electron chi connectivity index (χ3n) is 2.70. The van der Waals surface area contributed by atoms with Gasteiger partial charge in [-0.3, -0.25) is 0 Å². The molecule has 0 bridgehead atoms. The quantitative estimate of drug-likeness (QED) is 0.797. The molecule has 0 aliphatic heterocycles. The lowest BCUT2D eigenvalue weighted by Gasteiger charge is -2.14. The van der Waals surface area contributed by atoms with Gasteiger partial charge in [-0.05, 0) is 13.3 Å². The van der Waals surface area contributed by atoms with Crippen LogP contribution in [0.5, 0.6) is 0 Å². The number of nitrogens with zero attached hydrogens (tertiary/aromatic N) is 3. The molecule has 86 valence electrons. The summed E-state index contributed by atoms with van der Waals surface area (Å²) in [6.45, 7) is 5.27. The summed E-state index contributed by atoms with van der Waals surface area (Å²) in [5, 5.41) is 3.46. The van der Waals surface area contributed by atoms with Crippen molar-refractivity contribution in [3.8, 4) is 0 Å². The summed E-state index contributed by atoms with van der Waals surface area (Å²) in [7, 11) is 6.07. The molecule has 0 saturated carbocycles. The van der Waals surface area contributed by atoms with Crippen LogP contribution >= 0.6 is 0 Å². The van der Waals surface area contributed by atoms with Gasteiger partial charge in [0.1, 0.15) is 0 Å². The van der Waals surface area contributed by atoms with E-state index < -0.39 is 0 Å². The van der Waals surface area contributed by atoms with Crippen LogP contribution in [0.1, 0.15) is 26.0 Å². The van der Waals surface area contributed by atoms with Crippen LogP contribution in [0.25, 0.3) is 0 Å². The first-order chi connectivity index (χ1) is 7.06. The Bertz CT molecular complexity index is 304. The molecule has 0 amide bonds. The molecule has 0 aliphatic carbocycles. The predicted octanol–water partition coefficient (Wildman–Crippen LogP) is 1.37. The van der Waals surface area contributed by atoms with Crippen molar-refractivity contribution in [1.82, 2.24) is 14.9 Å². The van der Waals surface area contributed by atoms with Gasteiger partial charge in [-0.1, -0.05) is 6.92 Å². The molecule has 0 radical (unpaired) electrons. The van der Waals surface area contributed by atoms with E-state index in [2.05, 4.69) is 35.8 Å². The van der Waals surface area contributed by atoms with Crippen LogP contribution in [0.15, 0.2) is 6.20 Å². The Labute approximate surface area is 92.3 Å². The zero-order chi connectivity index (χ0) is 11.4.